The molecule has 5 heteroatoms. The van der Waals surface area contributed by atoms with E-state index in [4.69, 9.17) is 13.9 Å². The van der Waals surface area contributed by atoms with Gasteiger partial charge in [-0.25, -0.2) is 0 Å². The lowest BCUT2D eigenvalue weighted by Crippen LogP contribution is -2.12. The summed E-state index contributed by atoms with van der Waals surface area (Å²) in [6.07, 6.45) is 1.66. The number of hydrogen-bond acceptors (Lipinski definition) is 4. The van der Waals surface area contributed by atoms with E-state index in [0.29, 0.717) is 19.7 Å². The maximum absolute atomic E-state index is 5.48. The lowest BCUT2D eigenvalue weighted by Gasteiger charge is -2.03. The highest BCUT2D eigenvalue weighted by atomic mass is 35.5. The average molecular weight is 308 g/mol. The van der Waals surface area contributed by atoms with Crippen molar-refractivity contribution in [3.05, 3.63) is 48.4 Å². The number of halogens is 1. The standard InChI is InChI=1S/C16H17NO3.ClH/c1-18-14-6-8-15(9-7-14)19-11-3-2-10-17-13-16-5-4-12-20-16;/h4-9,12,17H,10-11,13H2,1H3;1H. The summed E-state index contributed by atoms with van der Waals surface area (Å²) in [5.74, 6) is 8.43. The Morgan fingerprint density at radius 3 is 2.52 bits per heavy atom. The number of methoxy groups -OCH3 is 1. The Labute approximate surface area is 130 Å². The molecule has 0 unspecified atom stereocenters. The van der Waals surface area contributed by atoms with Gasteiger partial charge in [0.1, 0.15) is 23.9 Å². The van der Waals surface area contributed by atoms with E-state index in [2.05, 4.69) is 17.2 Å². The molecule has 1 aromatic carbocycles. The molecule has 1 heterocycles. The Hall–Kier alpha value is -2.09. The molecule has 0 atom stereocenters. The predicted molar refractivity (Wildman–Crippen MR) is 83.9 cm³/mol. The van der Waals surface area contributed by atoms with Crippen LogP contribution in [-0.4, -0.2) is 20.3 Å². The lowest BCUT2D eigenvalue weighted by atomic mass is 10.3. The van der Waals surface area contributed by atoms with Crippen LogP contribution in [0.25, 0.3) is 0 Å². The fourth-order valence-electron chi connectivity index (χ4n) is 1.57. The summed E-state index contributed by atoms with van der Waals surface area (Å²) in [4.78, 5) is 0. The van der Waals surface area contributed by atoms with Gasteiger partial charge in [0.15, 0.2) is 0 Å². The minimum atomic E-state index is 0. The monoisotopic (exact) mass is 307 g/mol. The Morgan fingerprint density at radius 2 is 1.86 bits per heavy atom. The number of ether oxygens (including phenoxy) is 2. The smallest absolute Gasteiger partial charge is 0.149 e. The predicted octanol–water partition coefficient (Wildman–Crippen LogP) is 2.88. The molecule has 1 N–H and O–H groups in total. The van der Waals surface area contributed by atoms with Gasteiger partial charge in [-0.2, -0.15) is 0 Å². The van der Waals surface area contributed by atoms with Crippen molar-refractivity contribution in [2.45, 2.75) is 6.54 Å². The zero-order valence-corrected chi connectivity index (χ0v) is 12.6. The highest BCUT2D eigenvalue weighted by Crippen LogP contribution is 2.16. The van der Waals surface area contributed by atoms with Gasteiger partial charge in [-0.3, -0.25) is 5.32 Å². The van der Waals surface area contributed by atoms with E-state index >= 15 is 0 Å². The summed E-state index contributed by atoms with van der Waals surface area (Å²) in [5.41, 5.74) is 0. The first-order valence-corrected chi connectivity index (χ1v) is 6.34. The Kier molecular flexibility index (Phi) is 7.88. The molecule has 0 spiro atoms. The normalized spacial score (nSPS) is 9.19. The molecule has 0 amide bonds. The van der Waals surface area contributed by atoms with Crippen LogP contribution >= 0.6 is 12.4 Å². The highest BCUT2D eigenvalue weighted by molar-refractivity contribution is 5.85. The lowest BCUT2D eigenvalue weighted by molar-refractivity contribution is 0.367. The minimum absolute atomic E-state index is 0. The molecule has 0 radical (unpaired) electrons. The van der Waals surface area contributed by atoms with E-state index in [0.717, 1.165) is 17.3 Å². The van der Waals surface area contributed by atoms with Gasteiger partial charge in [0.25, 0.3) is 0 Å². The van der Waals surface area contributed by atoms with Gasteiger partial charge in [0.05, 0.1) is 26.5 Å². The Balaban J connectivity index is 0.00000220. The molecule has 0 aliphatic heterocycles. The third-order valence-corrected chi connectivity index (χ3v) is 2.59. The van der Waals surface area contributed by atoms with Crippen molar-refractivity contribution in [1.82, 2.24) is 5.32 Å². The van der Waals surface area contributed by atoms with Gasteiger partial charge in [0.2, 0.25) is 0 Å². The van der Waals surface area contributed by atoms with E-state index in [-0.39, 0.29) is 12.4 Å². The van der Waals surface area contributed by atoms with E-state index < -0.39 is 0 Å². The molecule has 0 fully saturated rings. The fourth-order valence-corrected chi connectivity index (χ4v) is 1.57. The third-order valence-electron chi connectivity index (χ3n) is 2.59. The molecule has 0 saturated heterocycles. The molecule has 0 bridgehead atoms. The maximum atomic E-state index is 5.48. The number of furan rings is 1. The first kappa shape index (κ1) is 17.0. The molecule has 112 valence electrons. The van der Waals surface area contributed by atoms with Crippen LogP contribution < -0.4 is 14.8 Å². The summed E-state index contributed by atoms with van der Waals surface area (Å²) >= 11 is 0. The van der Waals surface area contributed by atoms with Crippen LogP contribution in [0.15, 0.2) is 47.1 Å². The fraction of sp³-hybridized carbons (Fsp3) is 0.250. The van der Waals surface area contributed by atoms with E-state index in [1.807, 2.05) is 36.4 Å². The molecule has 0 aliphatic carbocycles. The zero-order chi connectivity index (χ0) is 14.0. The Morgan fingerprint density at radius 1 is 1.10 bits per heavy atom. The van der Waals surface area contributed by atoms with E-state index in [9.17, 15) is 0 Å². The topological polar surface area (TPSA) is 43.6 Å². The Bertz CT molecular complexity index is 555. The quantitative estimate of drug-likeness (QED) is 0.658. The van der Waals surface area contributed by atoms with Gasteiger partial charge in [0, 0.05) is 0 Å². The van der Waals surface area contributed by atoms with E-state index in [1.165, 1.54) is 0 Å². The van der Waals surface area contributed by atoms with Crippen LogP contribution in [0.3, 0.4) is 0 Å². The van der Waals surface area contributed by atoms with Crippen molar-refractivity contribution in [2.24, 2.45) is 0 Å². The number of hydrogen-bond donors (Lipinski definition) is 1. The van der Waals surface area contributed by atoms with Gasteiger partial charge < -0.3 is 13.9 Å². The van der Waals surface area contributed by atoms with Crippen LogP contribution in [0.2, 0.25) is 0 Å². The second kappa shape index (κ2) is 9.76. The SMILES string of the molecule is COc1ccc(OCC#CCNCc2ccco2)cc1.Cl. The van der Waals surface area contributed by atoms with Crippen molar-refractivity contribution >= 4 is 12.4 Å². The molecular formula is C16H18ClNO3. The molecule has 4 nitrogen and oxygen atoms in total. The van der Waals surface area contributed by atoms with Gasteiger partial charge >= 0.3 is 0 Å². The van der Waals surface area contributed by atoms with Crippen LogP contribution in [-0.2, 0) is 6.54 Å². The molecule has 0 aliphatic rings. The van der Waals surface area contributed by atoms with Crippen molar-refractivity contribution in [3.63, 3.8) is 0 Å². The van der Waals surface area contributed by atoms with Crippen molar-refractivity contribution in [1.29, 1.82) is 0 Å². The van der Waals surface area contributed by atoms with Crippen LogP contribution in [0, 0.1) is 11.8 Å². The first-order chi connectivity index (χ1) is 9.88. The van der Waals surface area contributed by atoms with Crippen LogP contribution in [0.5, 0.6) is 11.5 Å². The van der Waals surface area contributed by atoms with Gasteiger partial charge in [-0.15, -0.1) is 12.4 Å². The third kappa shape index (κ3) is 6.26. The molecule has 1 aromatic heterocycles. The minimum Gasteiger partial charge on any atom is -0.497 e. The molecule has 21 heavy (non-hydrogen) atoms. The molecule has 2 aromatic rings. The molecular weight excluding hydrogens is 290 g/mol. The summed E-state index contributed by atoms with van der Waals surface area (Å²) in [6.45, 7) is 1.66. The van der Waals surface area contributed by atoms with Gasteiger partial charge in [-0.1, -0.05) is 11.8 Å². The highest BCUT2D eigenvalue weighted by Gasteiger charge is 1.93. The van der Waals surface area contributed by atoms with Crippen molar-refractivity contribution in [2.75, 3.05) is 20.3 Å². The second-order valence-corrected chi connectivity index (χ2v) is 4.00. The average Bonchev–Trinajstić information content (AvgIpc) is 3.00. The number of benzene rings is 1. The summed E-state index contributed by atoms with van der Waals surface area (Å²) in [6, 6.07) is 11.2. The first-order valence-electron chi connectivity index (χ1n) is 6.34. The van der Waals surface area contributed by atoms with Crippen LogP contribution in [0.4, 0.5) is 0 Å². The van der Waals surface area contributed by atoms with Gasteiger partial charge in [-0.05, 0) is 36.4 Å². The number of rotatable bonds is 6. The molecule has 2 rings (SSSR count). The number of nitrogens with one attached hydrogen (secondary N) is 1. The largest absolute Gasteiger partial charge is 0.497 e. The van der Waals surface area contributed by atoms with E-state index in [1.54, 1.807) is 13.4 Å². The summed E-state index contributed by atoms with van der Waals surface area (Å²) < 4.78 is 15.7. The summed E-state index contributed by atoms with van der Waals surface area (Å²) in [7, 11) is 1.64. The zero-order valence-electron chi connectivity index (χ0n) is 11.8. The van der Waals surface area contributed by atoms with Crippen LogP contribution in [0.1, 0.15) is 5.76 Å². The second-order valence-electron chi connectivity index (χ2n) is 4.00. The van der Waals surface area contributed by atoms with Crippen molar-refractivity contribution in [3.8, 4) is 23.3 Å². The summed E-state index contributed by atoms with van der Waals surface area (Å²) in [5, 5.41) is 3.16. The molecule has 0 saturated carbocycles. The maximum Gasteiger partial charge on any atom is 0.149 e. The van der Waals surface area contributed by atoms with Crippen molar-refractivity contribution < 1.29 is 13.9 Å².